The van der Waals surface area contributed by atoms with Gasteiger partial charge in [-0.15, -0.1) is 0 Å². The number of hydrogen-bond acceptors (Lipinski definition) is 3. The first-order valence-electron chi connectivity index (χ1n) is 8.65. The Balaban J connectivity index is 1.68. The molecule has 2 aromatic carbocycles. The van der Waals surface area contributed by atoms with Crippen LogP contribution in [-0.2, 0) is 20.2 Å². The topological polar surface area (TPSA) is 47.4 Å². The molecule has 0 aliphatic carbocycles. The molecule has 1 heterocycles. The third-order valence-corrected chi connectivity index (χ3v) is 4.81. The summed E-state index contributed by atoms with van der Waals surface area (Å²) in [5.41, 5.74) is 3.62. The van der Waals surface area contributed by atoms with Crippen LogP contribution in [0.25, 0.3) is 0 Å². The number of hydrogen-bond donors (Lipinski definition) is 0. The zero-order chi connectivity index (χ0) is 19.4. The molecule has 3 rings (SSSR count). The molecule has 0 fully saturated rings. The van der Waals surface area contributed by atoms with E-state index in [1.807, 2.05) is 56.4 Å². The number of nitrogens with zero attached hydrogens (tertiary/aromatic N) is 3. The number of carbonyl (C=O) groups is 1. The highest BCUT2D eigenvalue weighted by Gasteiger charge is 2.15. The second kappa shape index (κ2) is 8.27. The van der Waals surface area contributed by atoms with Gasteiger partial charge in [-0.25, -0.2) is 0 Å². The number of benzene rings is 2. The smallest absolute Gasteiger partial charge is 0.253 e. The van der Waals surface area contributed by atoms with E-state index < -0.39 is 0 Å². The molecule has 140 valence electrons. The lowest BCUT2D eigenvalue weighted by atomic mass is 10.1. The Bertz CT molecular complexity index is 952. The van der Waals surface area contributed by atoms with Gasteiger partial charge in [-0.1, -0.05) is 35.9 Å². The lowest BCUT2D eigenvalue weighted by Crippen LogP contribution is -2.26. The second-order valence-corrected chi connectivity index (χ2v) is 6.87. The fourth-order valence-corrected chi connectivity index (χ4v) is 2.95. The summed E-state index contributed by atoms with van der Waals surface area (Å²) in [4.78, 5) is 14.5. The first-order valence-corrected chi connectivity index (χ1v) is 9.02. The summed E-state index contributed by atoms with van der Waals surface area (Å²) in [6, 6.07) is 14.8. The average Bonchev–Trinajstić information content (AvgIpc) is 2.99. The van der Waals surface area contributed by atoms with E-state index in [0.29, 0.717) is 29.5 Å². The molecule has 0 radical (unpaired) electrons. The van der Waals surface area contributed by atoms with Crippen molar-refractivity contribution in [2.45, 2.75) is 20.1 Å². The summed E-state index contributed by atoms with van der Waals surface area (Å²) in [5, 5.41) is 4.79. The number of para-hydroxylation sites is 1. The van der Waals surface area contributed by atoms with Gasteiger partial charge in [0.25, 0.3) is 5.91 Å². The molecule has 6 heteroatoms. The number of amides is 1. The minimum atomic E-state index is -0.0437. The van der Waals surface area contributed by atoms with Gasteiger partial charge in [0.15, 0.2) is 0 Å². The van der Waals surface area contributed by atoms with Crippen molar-refractivity contribution in [1.29, 1.82) is 0 Å². The Labute approximate surface area is 164 Å². The summed E-state index contributed by atoms with van der Waals surface area (Å²) in [6.07, 6.45) is 1.80. The predicted molar refractivity (Wildman–Crippen MR) is 106 cm³/mol. The molecular formula is C21H22ClN3O2. The average molecular weight is 384 g/mol. The van der Waals surface area contributed by atoms with Crippen molar-refractivity contribution in [3.63, 3.8) is 0 Å². The summed E-state index contributed by atoms with van der Waals surface area (Å²) in [7, 11) is 3.69. The Morgan fingerprint density at radius 3 is 2.70 bits per heavy atom. The first-order chi connectivity index (χ1) is 13.0. The van der Waals surface area contributed by atoms with Crippen LogP contribution >= 0.6 is 11.6 Å². The van der Waals surface area contributed by atoms with Crippen LogP contribution in [0.15, 0.2) is 54.7 Å². The van der Waals surface area contributed by atoms with Crippen molar-refractivity contribution >= 4 is 17.5 Å². The van der Waals surface area contributed by atoms with Crippen LogP contribution in [0.5, 0.6) is 5.75 Å². The molecule has 0 saturated carbocycles. The number of rotatable bonds is 6. The van der Waals surface area contributed by atoms with E-state index in [4.69, 9.17) is 16.3 Å². The van der Waals surface area contributed by atoms with Gasteiger partial charge in [-0.3, -0.25) is 9.48 Å². The van der Waals surface area contributed by atoms with Gasteiger partial charge < -0.3 is 9.64 Å². The van der Waals surface area contributed by atoms with Crippen molar-refractivity contribution < 1.29 is 9.53 Å². The Morgan fingerprint density at radius 2 is 2.00 bits per heavy atom. The third kappa shape index (κ3) is 4.49. The van der Waals surface area contributed by atoms with Gasteiger partial charge in [-0.05, 0) is 36.8 Å². The first kappa shape index (κ1) is 19.0. The largest absolute Gasteiger partial charge is 0.487 e. The molecule has 0 atom stereocenters. The highest BCUT2D eigenvalue weighted by Crippen LogP contribution is 2.24. The van der Waals surface area contributed by atoms with E-state index in [9.17, 15) is 4.79 Å². The van der Waals surface area contributed by atoms with Crippen LogP contribution in [0.1, 0.15) is 27.2 Å². The van der Waals surface area contributed by atoms with Crippen LogP contribution in [0.4, 0.5) is 0 Å². The molecule has 0 aliphatic heterocycles. The molecular weight excluding hydrogens is 362 g/mol. The van der Waals surface area contributed by atoms with Crippen molar-refractivity contribution in [3.05, 3.63) is 82.1 Å². The van der Waals surface area contributed by atoms with Gasteiger partial charge in [-0.2, -0.15) is 5.10 Å². The van der Waals surface area contributed by atoms with E-state index in [1.54, 1.807) is 28.9 Å². The molecule has 0 N–H and O–H groups in total. The highest BCUT2D eigenvalue weighted by atomic mass is 35.5. The summed E-state index contributed by atoms with van der Waals surface area (Å²) in [6.45, 7) is 2.85. The maximum atomic E-state index is 12.8. The van der Waals surface area contributed by atoms with Crippen molar-refractivity contribution in [2.75, 3.05) is 7.05 Å². The van der Waals surface area contributed by atoms with Gasteiger partial charge in [0.1, 0.15) is 12.4 Å². The number of aryl methyl sites for hydroxylation is 1. The van der Waals surface area contributed by atoms with Crippen LogP contribution < -0.4 is 4.74 Å². The standard InChI is InChI=1S/C21H22ClN3O2/c1-15-18(12-23-25(15)3)13-24(2)21(26)17-8-6-7-16(11-17)14-27-20-10-5-4-9-19(20)22/h4-12H,13-14H2,1-3H3. The second-order valence-electron chi connectivity index (χ2n) is 6.46. The number of carbonyl (C=O) groups excluding carboxylic acids is 1. The van der Waals surface area contributed by atoms with Crippen molar-refractivity contribution in [1.82, 2.24) is 14.7 Å². The Hall–Kier alpha value is -2.79. The van der Waals surface area contributed by atoms with Gasteiger partial charge in [0.05, 0.1) is 11.2 Å². The Morgan fingerprint density at radius 1 is 1.22 bits per heavy atom. The van der Waals surface area contributed by atoms with E-state index in [0.717, 1.165) is 16.8 Å². The fourth-order valence-electron chi connectivity index (χ4n) is 2.76. The summed E-state index contributed by atoms with van der Waals surface area (Å²) < 4.78 is 7.57. The molecule has 0 aliphatic rings. The fraction of sp³-hybridized carbons (Fsp3) is 0.238. The van der Waals surface area contributed by atoms with Crippen LogP contribution in [0.2, 0.25) is 5.02 Å². The maximum absolute atomic E-state index is 12.8. The highest BCUT2D eigenvalue weighted by molar-refractivity contribution is 6.32. The summed E-state index contributed by atoms with van der Waals surface area (Å²) >= 11 is 6.11. The SMILES string of the molecule is Cc1c(CN(C)C(=O)c2cccc(COc3ccccc3Cl)c2)cnn1C. The zero-order valence-corrected chi connectivity index (χ0v) is 16.4. The quantitative estimate of drug-likeness (QED) is 0.639. The predicted octanol–water partition coefficient (Wildman–Crippen LogP) is 4.23. The normalized spacial score (nSPS) is 10.7. The minimum Gasteiger partial charge on any atom is -0.487 e. The molecule has 1 amide bonds. The third-order valence-electron chi connectivity index (χ3n) is 4.50. The molecule has 5 nitrogen and oxygen atoms in total. The zero-order valence-electron chi connectivity index (χ0n) is 15.6. The molecule has 0 spiro atoms. The lowest BCUT2D eigenvalue weighted by Gasteiger charge is -2.17. The van der Waals surface area contributed by atoms with Crippen molar-refractivity contribution in [2.24, 2.45) is 7.05 Å². The number of ether oxygens (including phenoxy) is 1. The van der Waals surface area contributed by atoms with Crippen LogP contribution in [-0.4, -0.2) is 27.6 Å². The number of aromatic nitrogens is 2. The monoisotopic (exact) mass is 383 g/mol. The minimum absolute atomic E-state index is 0.0437. The van der Waals surface area contributed by atoms with Crippen LogP contribution in [0.3, 0.4) is 0 Å². The van der Waals surface area contributed by atoms with Gasteiger partial charge >= 0.3 is 0 Å². The van der Waals surface area contributed by atoms with Crippen LogP contribution in [0, 0.1) is 6.92 Å². The van der Waals surface area contributed by atoms with Gasteiger partial charge in [0, 0.05) is 37.5 Å². The van der Waals surface area contributed by atoms with E-state index in [2.05, 4.69) is 5.10 Å². The Kier molecular flexibility index (Phi) is 5.81. The van der Waals surface area contributed by atoms with Gasteiger partial charge in [0.2, 0.25) is 0 Å². The number of halogens is 1. The molecule has 0 saturated heterocycles. The van der Waals surface area contributed by atoms with Crippen molar-refractivity contribution in [3.8, 4) is 5.75 Å². The van der Waals surface area contributed by atoms with E-state index in [1.165, 1.54) is 0 Å². The lowest BCUT2D eigenvalue weighted by molar-refractivity contribution is 0.0784. The maximum Gasteiger partial charge on any atom is 0.253 e. The van der Waals surface area contributed by atoms with E-state index in [-0.39, 0.29) is 5.91 Å². The summed E-state index contributed by atoms with van der Waals surface area (Å²) in [5.74, 6) is 0.581. The molecule has 3 aromatic rings. The molecule has 1 aromatic heterocycles. The molecule has 0 unspecified atom stereocenters. The van der Waals surface area contributed by atoms with E-state index >= 15 is 0 Å². The molecule has 0 bridgehead atoms. The molecule has 27 heavy (non-hydrogen) atoms.